The molecule has 0 saturated heterocycles. The lowest BCUT2D eigenvalue weighted by Gasteiger charge is -2.18. The highest BCUT2D eigenvalue weighted by Gasteiger charge is 2.43. The Labute approximate surface area is 201 Å². The molecule has 1 aliphatic rings. The Hall–Kier alpha value is -1.26. The number of halogens is 1. The van der Waals surface area contributed by atoms with Crippen LogP contribution in [0.5, 0.6) is 0 Å². The first-order valence-corrected chi connectivity index (χ1v) is 11.2. The normalized spacial score (nSPS) is 14.9. The molecule has 166 valence electrons. The van der Waals surface area contributed by atoms with Gasteiger partial charge in [0.15, 0.2) is 5.96 Å². The summed E-state index contributed by atoms with van der Waals surface area (Å²) in [5, 5.41) is 11.6. The van der Waals surface area contributed by atoms with E-state index in [9.17, 15) is 0 Å². The number of guanidine groups is 1. The Morgan fingerprint density at radius 1 is 1.23 bits per heavy atom. The summed E-state index contributed by atoms with van der Waals surface area (Å²) in [7, 11) is 1.72. The number of aromatic nitrogens is 2. The maximum absolute atomic E-state index is 5.18. The predicted octanol–water partition coefficient (Wildman–Crippen LogP) is 4.14. The zero-order chi connectivity index (χ0) is 20.7. The Morgan fingerprint density at radius 2 is 1.97 bits per heavy atom. The molecule has 2 aromatic rings. The first kappa shape index (κ1) is 25.0. The largest absolute Gasteiger partial charge is 0.383 e. The van der Waals surface area contributed by atoms with Crippen LogP contribution >= 0.6 is 35.7 Å². The third kappa shape index (κ3) is 6.88. The van der Waals surface area contributed by atoms with Gasteiger partial charge >= 0.3 is 0 Å². The Balaban J connectivity index is 0.00000320. The number of aryl methyl sites for hydroxylation is 1. The summed E-state index contributed by atoms with van der Waals surface area (Å²) in [6.07, 6.45) is 2.48. The molecule has 6 nitrogen and oxygen atoms in total. The fourth-order valence-electron chi connectivity index (χ4n) is 3.30. The maximum atomic E-state index is 5.18. The predicted molar refractivity (Wildman–Crippen MR) is 136 cm³/mol. The molecule has 0 bridgehead atoms. The van der Waals surface area contributed by atoms with Crippen LogP contribution in [0.2, 0.25) is 0 Å². The lowest BCUT2D eigenvalue weighted by Crippen LogP contribution is -2.41. The number of benzene rings is 1. The van der Waals surface area contributed by atoms with E-state index in [1.54, 1.807) is 7.11 Å². The van der Waals surface area contributed by atoms with E-state index in [4.69, 9.17) is 9.73 Å². The number of hydrogen-bond acceptors (Lipinski definition) is 4. The Bertz CT molecular complexity index is 820. The fourth-order valence-corrected chi connectivity index (χ4v) is 4.54. The smallest absolute Gasteiger partial charge is 0.191 e. The molecule has 0 aliphatic heterocycles. The molecule has 2 N–H and O–H groups in total. The van der Waals surface area contributed by atoms with Gasteiger partial charge in [0.2, 0.25) is 0 Å². The van der Waals surface area contributed by atoms with Gasteiger partial charge in [0, 0.05) is 41.1 Å². The number of nitrogens with zero attached hydrogens (tertiary/aromatic N) is 3. The van der Waals surface area contributed by atoms with Crippen molar-refractivity contribution in [2.24, 2.45) is 4.99 Å². The van der Waals surface area contributed by atoms with Crippen molar-refractivity contribution < 1.29 is 4.74 Å². The quantitative estimate of drug-likeness (QED) is 0.268. The number of aliphatic imine (C=N–C) groups is 1. The lowest BCUT2D eigenvalue weighted by molar-refractivity contribution is 0.182. The molecule has 1 heterocycles. The van der Waals surface area contributed by atoms with Crippen LogP contribution in [-0.2, 0) is 17.8 Å². The van der Waals surface area contributed by atoms with Gasteiger partial charge in [0.1, 0.15) is 0 Å². The number of methoxy groups -OCH3 is 1. The molecular formula is C22H34IN5OS. The van der Waals surface area contributed by atoms with Crippen LogP contribution in [0.4, 0.5) is 0 Å². The van der Waals surface area contributed by atoms with Gasteiger partial charge < -0.3 is 15.4 Å². The van der Waals surface area contributed by atoms with Crippen LogP contribution in [0.3, 0.4) is 0 Å². The van der Waals surface area contributed by atoms with E-state index in [1.165, 1.54) is 23.3 Å². The van der Waals surface area contributed by atoms with Crippen molar-refractivity contribution in [3.63, 3.8) is 0 Å². The molecule has 1 aliphatic carbocycles. The number of ether oxygens (including phenoxy) is 1. The van der Waals surface area contributed by atoms with E-state index in [-0.39, 0.29) is 28.7 Å². The third-order valence-corrected chi connectivity index (χ3v) is 6.73. The topological polar surface area (TPSA) is 63.5 Å². The summed E-state index contributed by atoms with van der Waals surface area (Å²) in [4.78, 5) is 6.17. The first-order chi connectivity index (χ1) is 14.1. The highest BCUT2D eigenvalue weighted by Crippen LogP contribution is 2.51. The monoisotopic (exact) mass is 543 g/mol. The van der Waals surface area contributed by atoms with Crippen molar-refractivity contribution in [2.45, 2.75) is 56.3 Å². The van der Waals surface area contributed by atoms with Gasteiger partial charge in [0.05, 0.1) is 25.4 Å². The molecular weight excluding hydrogens is 509 g/mol. The summed E-state index contributed by atoms with van der Waals surface area (Å²) in [5.41, 5.74) is 3.40. The average Bonchev–Trinajstić information content (AvgIpc) is 3.43. The minimum atomic E-state index is 0. The molecule has 0 atom stereocenters. The Morgan fingerprint density at radius 3 is 2.60 bits per heavy atom. The molecule has 3 rings (SSSR count). The average molecular weight is 544 g/mol. The molecule has 30 heavy (non-hydrogen) atoms. The van der Waals surface area contributed by atoms with Crippen molar-refractivity contribution in [2.75, 3.05) is 26.8 Å². The van der Waals surface area contributed by atoms with Crippen LogP contribution < -0.4 is 10.6 Å². The Kier molecular flexibility index (Phi) is 9.96. The van der Waals surface area contributed by atoms with Crippen LogP contribution in [0.15, 0.2) is 40.2 Å². The minimum absolute atomic E-state index is 0. The second-order valence-electron chi connectivity index (χ2n) is 7.51. The first-order valence-electron chi connectivity index (χ1n) is 10.3. The van der Waals surface area contributed by atoms with Gasteiger partial charge in [-0.05, 0) is 45.7 Å². The van der Waals surface area contributed by atoms with Crippen LogP contribution in [0, 0.1) is 13.8 Å². The maximum Gasteiger partial charge on any atom is 0.191 e. The molecule has 1 fully saturated rings. The van der Waals surface area contributed by atoms with E-state index in [0.29, 0.717) is 13.2 Å². The molecule has 0 unspecified atom stereocenters. The third-order valence-electron chi connectivity index (χ3n) is 5.24. The standard InChI is InChI=1S/C22H33N5OS.HI/c1-5-23-21(24-15-20-17(2)26-27(18(20)3)13-14-28-4)25-16-22(11-12-22)29-19-9-7-6-8-10-19;/h6-10H,5,11-16H2,1-4H3,(H2,23,24,25);1H. The van der Waals surface area contributed by atoms with Crippen LogP contribution in [0.1, 0.15) is 36.7 Å². The molecule has 0 amide bonds. The van der Waals surface area contributed by atoms with Gasteiger partial charge in [0.25, 0.3) is 0 Å². The highest BCUT2D eigenvalue weighted by atomic mass is 127. The molecule has 8 heteroatoms. The summed E-state index contributed by atoms with van der Waals surface area (Å²) in [5.74, 6) is 0.871. The lowest BCUT2D eigenvalue weighted by atomic mass is 10.2. The van der Waals surface area contributed by atoms with Crippen molar-refractivity contribution >= 4 is 41.7 Å². The van der Waals surface area contributed by atoms with E-state index in [0.717, 1.165) is 37.0 Å². The minimum Gasteiger partial charge on any atom is -0.383 e. The summed E-state index contributed by atoms with van der Waals surface area (Å²) >= 11 is 1.98. The van der Waals surface area contributed by atoms with E-state index in [1.807, 2.05) is 16.4 Å². The SMILES string of the molecule is CCNC(=NCc1c(C)nn(CCOC)c1C)NCC1(Sc2ccccc2)CC1.I. The van der Waals surface area contributed by atoms with Gasteiger partial charge in [-0.1, -0.05) is 18.2 Å². The molecule has 1 aromatic carbocycles. The van der Waals surface area contributed by atoms with E-state index in [2.05, 4.69) is 66.8 Å². The number of nitrogens with one attached hydrogen (secondary N) is 2. The second kappa shape index (κ2) is 12.0. The highest BCUT2D eigenvalue weighted by molar-refractivity contribution is 14.0. The summed E-state index contributed by atoms with van der Waals surface area (Å²) in [6, 6.07) is 10.7. The molecule has 0 radical (unpaired) electrons. The van der Waals surface area contributed by atoms with Gasteiger partial charge in [-0.25, -0.2) is 4.99 Å². The van der Waals surface area contributed by atoms with Crippen molar-refractivity contribution in [3.05, 3.63) is 47.3 Å². The van der Waals surface area contributed by atoms with E-state index >= 15 is 0 Å². The van der Waals surface area contributed by atoms with Crippen molar-refractivity contribution in [1.82, 2.24) is 20.4 Å². The summed E-state index contributed by atoms with van der Waals surface area (Å²) < 4.78 is 7.48. The fraction of sp³-hybridized carbons (Fsp3) is 0.545. The van der Waals surface area contributed by atoms with E-state index < -0.39 is 0 Å². The van der Waals surface area contributed by atoms with Crippen molar-refractivity contribution in [1.29, 1.82) is 0 Å². The molecule has 1 aromatic heterocycles. The number of thioether (sulfide) groups is 1. The number of rotatable bonds is 10. The second-order valence-corrected chi connectivity index (χ2v) is 9.05. The van der Waals surface area contributed by atoms with Gasteiger partial charge in [-0.15, -0.1) is 35.7 Å². The van der Waals surface area contributed by atoms with Crippen molar-refractivity contribution in [3.8, 4) is 0 Å². The van der Waals surface area contributed by atoms with Crippen LogP contribution in [0.25, 0.3) is 0 Å². The molecule has 1 saturated carbocycles. The molecule has 0 spiro atoms. The van der Waals surface area contributed by atoms with Crippen LogP contribution in [-0.4, -0.2) is 47.3 Å². The van der Waals surface area contributed by atoms with Gasteiger partial charge in [-0.3, -0.25) is 4.68 Å². The summed E-state index contributed by atoms with van der Waals surface area (Å²) in [6.45, 7) is 10.1. The zero-order valence-electron chi connectivity index (χ0n) is 18.4. The number of hydrogen-bond donors (Lipinski definition) is 2. The zero-order valence-corrected chi connectivity index (χ0v) is 21.5. The van der Waals surface area contributed by atoms with Gasteiger partial charge in [-0.2, -0.15) is 5.10 Å².